The maximum absolute atomic E-state index is 11.5. The maximum atomic E-state index is 11.5. The van der Waals surface area contributed by atoms with Gasteiger partial charge < -0.3 is 9.47 Å². The van der Waals surface area contributed by atoms with E-state index in [1.165, 1.54) is 14.2 Å². The summed E-state index contributed by atoms with van der Waals surface area (Å²) in [6.45, 7) is 3.63. The molecule has 0 saturated carbocycles. The van der Waals surface area contributed by atoms with Gasteiger partial charge in [0.1, 0.15) is 0 Å². The van der Waals surface area contributed by atoms with E-state index in [2.05, 4.69) is 4.98 Å². The number of carbonyl (C=O) groups excluding carboxylic acids is 1. The van der Waals surface area contributed by atoms with Crippen molar-refractivity contribution >= 4 is 11.5 Å². The first-order chi connectivity index (χ1) is 7.63. The number of methoxy groups -OCH3 is 2. The molecule has 4 nitrogen and oxygen atoms in total. The molecule has 86 valence electrons. The summed E-state index contributed by atoms with van der Waals surface area (Å²) in [6, 6.07) is 3.62. The van der Waals surface area contributed by atoms with Gasteiger partial charge in [0.2, 0.25) is 5.88 Å². The first-order valence-corrected chi connectivity index (χ1v) is 4.90. The highest BCUT2D eigenvalue weighted by atomic mass is 16.5. The minimum Gasteiger partial charge on any atom is -0.481 e. The fraction of sp³-hybridized carbons (Fsp3) is 0.333. The monoisotopic (exact) mass is 221 g/mol. The second-order valence-corrected chi connectivity index (χ2v) is 3.20. The average Bonchev–Trinajstić information content (AvgIpc) is 2.31. The number of ether oxygens (including phenoxy) is 2. The topological polar surface area (TPSA) is 48.4 Å². The lowest BCUT2D eigenvalue weighted by Crippen LogP contribution is -2.06. The minimum atomic E-state index is -0.397. The van der Waals surface area contributed by atoms with Crippen LogP contribution in [0.1, 0.15) is 18.2 Å². The Morgan fingerprint density at radius 3 is 2.56 bits per heavy atom. The van der Waals surface area contributed by atoms with E-state index in [1.807, 2.05) is 13.0 Å². The van der Waals surface area contributed by atoms with Gasteiger partial charge in [0, 0.05) is 5.69 Å². The molecule has 1 heterocycles. The fourth-order valence-corrected chi connectivity index (χ4v) is 1.39. The third-order valence-corrected chi connectivity index (χ3v) is 2.18. The molecule has 1 rings (SSSR count). The number of pyridine rings is 1. The number of aryl methyl sites for hydroxylation is 1. The van der Waals surface area contributed by atoms with Crippen molar-refractivity contribution in [3.63, 3.8) is 0 Å². The molecule has 0 amide bonds. The van der Waals surface area contributed by atoms with Gasteiger partial charge >= 0.3 is 5.97 Å². The Bertz CT molecular complexity index is 424. The average molecular weight is 221 g/mol. The van der Waals surface area contributed by atoms with E-state index in [0.29, 0.717) is 17.0 Å². The lowest BCUT2D eigenvalue weighted by molar-refractivity contribution is -0.133. The second-order valence-electron chi connectivity index (χ2n) is 3.20. The van der Waals surface area contributed by atoms with Crippen molar-refractivity contribution in [3.05, 3.63) is 29.5 Å². The molecule has 0 N–H and O–H groups in total. The molecule has 0 saturated heterocycles. The number of hydrogen-bond donors (Lipinski definition) is 0. The molecular formula is C12H15NO3. The molecule has 0 aromatic carbocycles. The maximum Gasteiger partial charge on any atom is 0.338 e. The number of aromatic nitrogens is 1. The molecule has 0 aliphatic heterocycles. The number of esters is 1. The van der Waals surface area contributed by atoms with Crippen LogP contribution in [0, 0.1) is 6.92 Å². The van der Waals surface area contributed by atoms with Crippen LogP contribution in [0.3, 0.4) is 0 Å². The molecule has 0 aliphatic carbocycles. The normalized spacial score (nSPS) is 11.1. The zero-order chi connectivity index (χ0) is 12.1. The molecule has 16 heavy (non-hydrogen) atoms. The lowest BCUT2D eigenvalue weighted by atomic mass is 10.1. The van der Waals surface area contributed by atoms with E-state index in [9.17, 15) is 4.79 Å². The number of rotatable bonds is 3. The Kier molecular flexibility index (Phi) is 4.05. The minimum absolute atomic E-state index is 0.397. The smallest absolute Gasteiger partial charge is 0.338 e. The van der Waals surface area contributed by atoms with Crippen molar-refractivity contribution < 1.29 is 14.3 Å². The molecule has 0 radical (unpaired) electrons. The Labute approximate surface area is 94.9 Å². The van der Waals surface area contributed by atoms with Gasteiger partial charge in [-0.05, 0) is 26.0 Å². The van der Waals surface area contributed by atoms with E-state index in [4.69, 9.17) is 9.47 Å². The number of nitrogens with zero attached hydrogens (tertiary/aromatic N) is 1. The third-order valence-electron chi connectivity index (χ3n) is 2.18. The summed E-state index contributed by atoms with van der Waals surface area (Å²) in [6.07, 6.45) is 1.68. The molecule has 4 heteroatoms. The zero-order valence-electron chi connectivity index (χ0n) is 9.90. The van der Waals surface area contributed by atoms with E-state index >= 15 is 0 Å². The largest absolute Gasteiger partial charge is 0.481 e. The third kappa shape index (κ3) is 2.39. The molecular weight excluding hydrogens is 206 g/mol. The lowest BCUT2D eigenvalue weighted by Gasteiger charge is -2.09. The molecule has 0 atom stereocenters. The van der Waals surface area contributed by atoms with Gasteiger partial charge in [-0.3, -0.25) is 0 Å². The van der Waals surface area contributed by atoms with Crippen LogP contribution in [0.5, 0.6) is 5.88 Å². The van der Waals surface area contributed by atoms with Gasteiger partial charge in [0.05, 0.1) is 25.4 Å². The number of hydrogen-bond acceptors (Lipinski definition) is 4. The van der Waals surface area contributed by atoms with Crippen LogP contribution in [0.2, 0.25) is 0 Å². The number of allylic oxidation sites excluding steroid dienone is 1. The van der Waals surface area contributed by atoms with E-state index in [0.717, 1.165) is 5.69 Å². The van der Waals surface area contributed by atoms with Crippen LogP contribution in [-0.4, -0.2) is 25.2 Å². The van der Waals surface area contributed by atoms with Gasteiger partial charge in [0.25, 0.3) is 0 Å². The van der Waals surface area contributed by atoms with Crippen molar-refractivity contribution in [2.24, 2.45) is 0 Å². The van der Waals surface area contributed by atoms with Gasteiger partial charge in [-0.15, -0.1) is 0 Å². The van der Waals surface area contributed by atoms with Crippen molar-refractivity contribution in [2.45, 2.75) is 13.8 Å². The molecule has 0 aliphatic rings. The fourth-order valence-electron chi connectivity index (χ4n) is 1.39. The molecule has 0 unspecified atom stereocenters. The van der Waals surface area contributed by atoms with E-state index < -0.39 is 5.97 Å². The van der Waals surface area contributed by atoms with E-state index in [1.54, 1.807) is 19.1 Å². The highest BCUT2D eigenvalue weighted by Crippen LogP contribution is 2.25. The Balaban J connectivity index is 3.26. The summed E-state index contributed by atoms with van der Waals surface area (Å²) < 4.78 is 9.84. The number of carbonyl (C=O) groups is 1. The first kappa shape index (κ1) is 12.2. The molecule has 0 fully saturated rings. The summed E-state index contributed by atoms with van der Waals surface area (Å²) >= 11 is 0. The molecule has 0 bridgehead atoms. The van der Waals surface area contributed by atoms with Crippen LogP contribution in [0.15, 0.2) is 18.2 Å². The Morgan fingerprint density at radius 2 is 2.06 bits per heavy atom. The van der Waals surface area contributed by atoms with Crippen LogP contribution >= 0.6 is 0 Å². The van der Waals surface area contributed by atoms with Crippen molar-refractivity contribution in [1.29, 1.82) is 0 Å². The molecule has 0 spiro atoms. The highest BCUT2D eigenvalue weighted by Gasteiger charge is 2.16. The van der Waals surface area contributed by atoms with Gasteiger partial charge in [-0.1, -0.05) is 6.08 Å². The van der Waals surface area contributed by atoms with Crippen LogP contribution < -0.4 is 4.74 Å². The van der Waals surface area contributed by atoms with Gasteiger partial charge in [-0.2, -0.15) is 0 Å². The summed E-state index contributed by atoms with van der Waals surface area (Å²) in [5, 5.41) is 0. The standard InChI is InChI=1S/C12H15NO3/c1-5-9(12(14)16-4)10-7-6-8(2)13-11(10)15-3/h5-7H,1-4H3/b9-5+. The summed E-state index contributed by atoms with van der Waals surface area (Å²) in [4.78, 5) is 15.7. The zero-order valence-corrected chi connectivity index (χ0v) is 9.90. The van der Waals surface area contributed by atoms with Gasteiger partial charge in [-0.25, -0.2) is 9.78 Å². The summed E-state index contributed by atoms with van der Waals surface area (Å²) in [5.74, 6) is 0.0324. The van der Waals surface area contributed by atoms with Crippen LogP contribution in [0.25, 0.3) is 5.57 Å². The summed E-state index contributed by atoms with van der Waals surface area (Å²) in [5.41, 5.74) is 1.93. The van der Waals surface area contributed by atoms with Crippen LogP contribution in [0.4, 0.5) is 0 Å². The Morgan fingerprint density at radius 1 is 1.38 bits per heavy atom. The Hall–Kier alpha value is -1.84. The molecule has 1 aromatic rings. The second kappa shape index (κ2) is 5.30. The predicted molar refractivity (Wildman–Crippen MR) is 61.2 cm³/mol. The molecule has 1 aromatic heterocycles. The van der Waals surface area contributed by atoms with Crippen LogP contribution in [-0.2, 0) is 9.53 Å². The predicted octanol–water partition coefficient (Wildman–Crippen LogP) is 1.97. The first-order valence-electron chi connectivity index (χ1n) is 4.90. The quantitative estimate of drug-likeness (QED) is 0.578. The van der Waals surface area contributed by atoms with Crippen molar-refractivity contribution in [3.8, 4) is 5.88 Å². The summed E-state index contributed by atoms with van der Waals surface area (Å²) in [7, 11) is 2.87. The van der Waals surface area contributed by atoms with Crippen molar-refractivity contribution in [2.75, 3.05) is 14.2 Å². The SMILES string of the molecule is C/C=C(/C(=O)OC)c1ccc(C)nc1OC. The van der Waals surface area contributed by atoms with Crippen molar-refractivity contribution in [1.82, 2.24) is 4.98 Å². The highest BCUT2D eigenvalue weighted by molar-refractivity contribution is 6.17. The van der Waals surface area contributed by atoms with Gasteiger partial charge in [0.15, 0.2) is 0 Å². The van der Waals surface area contributed by atoms with E-state index in [-0.39, 0.29) is 0 Å².